The number of unbranched alkanes of at least 4 members (excludes halogenated alkanes) is 35. The molecule has 22 N–H and O–H groups in total. The number of aliphatic imine (C=N–C) groups is 5. The van der Waals surface area contributed by atoms with Gasteiger partial charge in [0.25, 0.3) is 0 Å². The third kappa shape index (κ3) is 99.8. The van der Waals surface area contributed by atoms with Gasteiger partial charge in [0.05, 0.1) is 6.54 Å². The van der Waals surface area contributed by atoms with Crippen LogP contribution in [-0.4, -0.2) is 179 Å². The molecular formula is C68H155N21O. The van der Waals surface area contributed by atoms with Crippen molar-refractivity contribution in [3.05, 3.63) is 0 Å². The summed E-state index contributed by atoms with van der Waals surface area (Å²) in [5.74, 6) is 1.89. The van der Waals surface area contributed by atoms with Crippen molar-refractivity contribution in [2.24, 2.45) is 70.8 Å². The minimum atomic E-state index is 0.130. The number of carbonyl (C=O) groups excluding carboxylic acids is 1. The van der Waals surface area contributed by atoms with Gasteiger partial charge in [0.15, 0.2) is 29.8 Å². The van der Waals surface area contributed by atoms with E-state index >= 15 is 0 Å². The lowest BCUT2D eigenvalue weighted by molar-refractivity contribution is -0.121. The largest absolute Gasteiger partial charge is 0.370 e. The average molecular weight is 1280 g/mol. The van der Waals surface area contributed by atoms with Gasteiger partial charge in [-0.25, -0.2) is 0 Å². The number of carbonyl (C=O) groups is 1. The number of nitrogens with two attached hydrogens (primary N) is 8. The summed E-state index contributed by atoms with van der Waals surface area (Å²) in [6, 6.07) is 0. The Bertz CT molecular complexity index is 1520. The van der Waals surface area contributed by atoms with Crippen LogP contribution in [0.1, 0.15) is 271 Å². The Balaban J connectivity index is -0.000000397. The molecule has 0 fully saturated rings. The Morgan fingerprint density at radius 2 is 0.511 bits per heavy atom. The summed E-state index contributed by atoms with van der Waals surface area (Å²) >= 11 is 0. The number of rotatable bonds is 59. The van der Waals surface area contributed by atoms with Crippen LogP contribution in [0.2, 0.25) is 0 Å². The van der Waals surface area contributed by atoms with Crippen LogP contribution in [0, 0.1) is 0 Å². The van der Waals surface area contributed by atoms with Gasteiger partial charge in [0.1, 0.15) is 0 Å². The maximum absolute atomic E-state index is 12.0. The molecule has 0 aliphatic heterocycles. The Hall–Kier alpha value is -4.38. The third-order valence-electron chi connectivity index (χ3n) is 14.7. The van der Waals surface area contributed by atoms with Crippen LogP contribution in [0.15, 0.2) is 25.0 Å². The van der Waals surface area contributed by atoms with Crippen LogP contribution in [0.5, 0.6) is 0 Å². The van der Waals surface area contributed by atoms with E-state index in [-0.39, 0.29) is 29.7 Å². The van der Waals surface area contributed by atoms with Crippen molar-refractivity contribution in [2.45, 2.75) is 271 Å². The summed E-state index contributed by atoms with van der Waals surface area (Å²) in [6.45, 7) is 18.8. The highest BCUT2D eigenvalue weighted by molar-refractivity contribution is 5.79. The van der Waals surface area contributed by atoms with Crippen LogP contribution in [0.3, 0.4) is 0 Å². The molecule has 22 heteroatoms. The van der Waals surface area contributed by atoms with Crippen LogP contribution >= 0.6 is 0 Å². The number of guanidine groups is 5. The molecule has 0 aromatic carbocycles. The van der Waals surface area contributed by atoms with Gasteiger partial charge in [-0.3, -0.25) is 29.8 Å². The lowest BCUT2D eigenvalue weighted by atomic mass is 10.0. The molecule has 90 heavy (non-hydrogen) atoms. The normalized spacial score (nSPS) is 10.4. The SMILES string of the molecule is CCCCCCCCCCCCCCCCC(=O)NCCNCCNCCNCCNCCNCCN=C(N)N.CCCCCCCCCCCCCCCCN=C(N)N.CCCCCCCCCCCCN=C(N)N.CN=C(N(C)C)N(C)C.CN=C(N)N. The Labute approximate surface area is 555 Å². The summed E-state index contributed by atoms with van der Waals surface area (Å²) in [7, 11) is 11.2. The van der Waals surface area contributed by atoms with Gasteiger partial charge in [-0.05, 0) is 19.3 Å². The van der Waals surface area contributed by atoms with Crippen LogP contribution in [0.25, 0.3) is 0 Å². The zero-order chi connectivity index (χ0) is 67.9. The molecule has 0 bridgehead atoms. The van der Waals surface area contributed by atoms with Crippen molar-refractivity contribution in [1.82, 2.24) is 41.7 Å². The summed E-state index contributed by atoms with van der Waals surface area (Å²) in [6.07, 6.45) is 52.3. The molecule has 0 saturated carbocycles. The van der Waals surface area contributed by atoms with Crippen LogP contribution in [-0.2, 0) is 4.79 Å². The topological polar surface area (TPSA) is 366 Å². The third-order valence-corrected chi connectivity index (χ3v) is 14.7. The van der Waals surface area contributed by atoms with E-state index in [0.29, 0.717) is 19.5 Å². The second-order valence-corrected chi connectivity index (χ2v) is 24.1. The van der Waals surface area contributed by atoms with E-state index < -0.39 is 0 Å². The van der Waals surface area contributed by atoms with E-state index in [1.54, 1.807) is 7.05 Å². The number of nitrogens with one attached hydrogen (secondary N) is 6. The minimum absolute atomic E-state index is 0.130. The molecule has 0 aliphatic rings. The zero-order valence-electron chi connectivity index (χ0n) is 60.6. The predicted molar refractivity (Wildman–Crippen MR) is 399 cm³/mol. The highest BCUT2D eigenvalue weighted by Gasteiger charge is 2.03. The molecule has 0 radical (unpaired) electrons. The first-order valence-corrected chi connectivity index (χ1v) is 36.3. The molecule has 0 rings (SSSR count). The summed E-state index contributed by atoms with van der Waals surface area (Å²) in [5.41, 5.74) is 41.2. The fourth-order valence-electron chi connectivity index (χ4n) is 9.58. The van der Waals surface area contributed by atoms with Gasteiger partial charge in [0.2, 0.25) is 5.91 Å². The number of hydrogen-bond acceptors (Lipinski definition) is 11. The van der Waals surface area contributed by atoms with Crippen molar-refractivity contribution in [3.8, 4) is 0 Å². The molecule has 0 heterocycles. The fourth-order valence-corrected chi connectivity index (χ4v) is 9.58. The first-order valence-electron chi connectivity index (χ1n) is 36.3. The number of hydrogen-bond donors (Lipinski definition) is 14. The van der Waals surface area contributed by atoms with E-state index in [2.05, 4.69) is 77.6 Å². The van der Waals surface area contributed by atoms with Gasteiger partial charge >= 0.3 is 0 Å². The van der Waals surface area contributed by atoms with E-state index in [1.807, 2.05) is 38.0 Å². The summed E-state index contributed by atoms with van der Waals surface area (Å²) in [4.78, 5) is 35.2. The van der Waals surface area contributed by atoms with Gasteiger partial charge in [-0.15, -0.1) is 0 Å². The Kier molecular flexibility index (Phi) is 88.7. The van der Waals surface area contributed by atoms with Gasteiger partial charge in [-0.2, -0.15) is 0 Å². The second kappa shape index (κ2) is 84.6. The van der Waals surface area contributed by atoms with Gasteiger partial charge in [0, 0.05) is 134 Å². The molecule has 0 unspecified atom stereocenters. The number of amides is 1. The standard InChI is InChI=1S/C30H67N9O.C17H37N3.C13H29N3.C6H15N3.C2H7N3/c1-2-3-4-5-6-7-8-9-10-11-12-13-14-15-16-29(40)38-27-25-36-23-21-34-19-17-33-18-20-35-22-24-37-26-28-39-30(31)32;1-2-3-4-5-6-7-8-9-10-11-12-13-14-15-16-20-17(18)19;1-2-3-4-5-6-7-8-9-10-11-12-16-13(14)15;1-7-6(8(2)3)9(4)5;1-5-2(3)4/h33-37H,2-28H2,1H3,(H,38,40)(H4,31,32,39);2-16H2,1H3,(H4,18,19,20);2-12H2,1H3,(H4,14,15,16);1-5H3;1H3,(H4,3,4,5). The van der Waals surface area contributed by atoms with Crippen molar-refractivity contribution >= 4 is 35.7 Å². The van der Waals surface area contributed by atoms with Crippen molar-refractivity contribution in [2.75, 3.05) is 134 Å². The average Bonchev–Trinajstić information content (AvgIpc) is 3.73. The molecule has 0 aliphatic carbocycles. The molecule has 0 saturated heterocycles. The highest BCUT2D eigenvalue weighted by atomic mass is 16.1. The van der Waals surface area contributed by atoms with Crippen LogP contribution in [0.4, 0.5) is 0 Å². The lowest BCUT2D eigenvalue weighted by Gasteiger charge is -2.21. The lowest BCUT2D eigenvalue weighted by Crippen LogP contribution is -2.38. The van der Waals surface area contributed by atoms with E-state index in [4.69, 9.17) is 45.9 Å². The zero-order valence-corrected chi connectivity index (χ0v) is 60.6. The quantitative estimate of drug-likeness (QED) is 0.0153. The molecule has 1 amide bonds. The molecular weight excluding hydrogens is 1130 g/mol. The smallest absolute Gasteiger partial charge is 0.220 e. The van der Waals surface area contributed by atoms with Crippen LogP contribution < -0.4 is 77.8 Å². The van der Waals surface area contributed by atoms with E-state index in [1.165, 1.54) is 232 Å². The molecule has 22 nitrogen and oxygen atoms in total. The maximum atomic E-state index is 12.0. The Morgan fingerprint density at radius 3 is 0.733 bits per heavy atom. The van der Waals surface area contributed by atoms with Gasteiger partial charge in [-0.1, -0.05) is 245 Å². The van der Waals surface area contributed by atoms with Crippen molar-refractivity contribution in [1.29, 1.82) is 0 Å². The first kappa shape index (κ1) is 94.3. The molecule has 0 aromatic heterocycles. The molecule has 0 aromatic rings. The fraction of sp³-hybridized carbons (Fsp3) is 0.912. The predicted octanol–water partition coefficient (Wildman–Crippen LogP) is 9.10. The monoisotopic (exact) mass is 1280 g/mol. The number of nitrogens with zero attached hydrogens (tertiary/aromatic N) is 7. The van der Waals surface area contributed by atoms with Crippen molar-refractivity contribution in [3.63, 3.8) is 0 Å². The first-order chi connectivity index (χ1) is 43.6. The van der Waals surface area contributed by atoms with E-state index in [9.17, 15) is 4.79 Å². The minimum Gasteiger partial charge on any atom is -0.370 e. The summed E-state index contributed by atoms with van der Waals surface area (Å²) in [5, 5.41) is 19.9. The Morgan fingerprint density at radius 1 is 0.289 bits per heavy atom. The second-order valence-electron chi connectivity index (χ2n) is 24.1. The molecule has 538 valence electrons. The van der Waals surface area contributed by atoms with Gasteiger partial charge < -0.3 is 87.6 Å². The highest BCUT2D eigenvalue weighted by Crippen LogP contribution is 2.15. The van der Waals surface area contributed by atoms with Crippen molar-refractivity contribution < 1.29 is 4.79 Å². The van der Waals surface area contributed by atoms with E-state index in [0.717, 1.165) is 104 Å². The molecule has 0 spiro atoms. The summed E-state index contributed by atoms with van der Waals surface area (Å²) < 4.78 is 0. The maximum Gasteiger partial charge on any atom is 0.220 e. The molecule has 0 atom stereocenters.